The van der Waals surface area contributed by atoms with Crippen molar-refractivity contribution < 1.29 is 0 Å². The van der Waals surface area contributed by atoms with Gasteiger partial charge in [0.05, 0.1) is 6.20 Å². The van der Waals surface area contributed by atoms with Crippen LogP contribution in [0, 0.1) is 5.41 Å². The molecule has 2 fully saturated rings. The third kappa shape index (κ3) is 1.03. The second-order valence-electron chi connectivity index (χ2n) is 4.90. The number of H-pyrrole nitrogens is 1. The number of nitrogens with zero attached hydrogens (tertiary/aromatic N) is 3. The van der Waals surface area contributed by atoms with Crippen LogP contribution in [0.3, 0.4) is 0 Å². The van der Waals surface area contributed by atoms with Gasteiger partial charge in [-0.3, -0.25) is 0 Å². The number of aromatic nitrogens is 3. The number of aromatic amines is 1. The quantitative estimate of drug-likeness (QED) is 0.721. The smallest absolute Gasteiger partial charge is 0.156 e. The van der Waals surface area contributed by atoms with Crippen LogP contribution in [0.5, 0.6) is 0 Å². The molecule has 2 aliphatic heterocycles. The summed E-state index contributed by atoms with van der Waals surface area (Å²) in [6.45, 7) is 4.54. The summed E-state index contributed by atoms with van der Waals surface area (Å²) in [6.07, 6.45) is 3.74. The molecule has 0 unspecified atom stereocenters. The fourth-order valence-corrected chi connectivity index (χ4v) is 2.60. The highest BCUT2D eigenvalue weighted by atomic mass is 15.3. The van der Waals surface area contributed by atoms with Crippen molar-refractivity contribution in [2.24, 2.45) is 5.41 Å². The molecule has 0 bridgehead atoms. The molecule has 2 aliphatic rings. The highest BCUT2D eigenvalue weighted by Crippen LogP contribution is 2.36. The molecular formula is C11H13N5. The summed E-state index contributed by atoms with van der Waals surface area (Å²) in [5.74, 6) is 1.00. The van der Waals surface area contributed by atoms with E-state index in [9.17, 15) is 0 Å². The Hall–Kier alpha value is -1.62. The zero-order valence-electron chi connectivity index (χ0n) is 8.90. The minimum atomic E-state index is 0.536. The molecule has 4 heterocycles. The topological polar surface area (TPSA) is 56.8 Å². The van der Waals surface area contributed by atoms with E-state index in [2.05, 4.69) is 25.2 Å². The van der Waals surface area contributed by atoms with Gasteiger partial charge in [0.15, 0.2) is 5.65 Å². The molecule has 2 N–H and O–H groups in total. The molecule has 0 saturated carbocycles. The molecule has 0 atom stereocenters. The molecule has 5 nitrogen and oxygen atoms in total. The van der Waals surface area contributed by atoms with Gasteiger partial charge < -0.3 is 15.2 Å². The Balaban J connectivity index is 1.62. The average molecular weight is 215 g/mol. The lowest BCUT2D eigenvalue weighted by molar-refractivity contribution is 0.120. The molecule has 0 aromatic carbocycles. The average Bonchev–Trinajstić information content (AvgIpc) is 2.60. The van der Waals surface area contributed by atoms with Gasteiger partial charge >= 0.3 is 0 Å². The summed E-state index contributed by atoms with van der Waals surface area (Å²) in [7, 11) is 0. The van der Waals surface area contributed by atoms with E-state index in [1.165, 1.54) is 0 Å². The van der Waals surface area contributed by atoms with Crippen LogP contribution < -0.4 is 10.2 Å². The van der Waals surface area contributed by atoms with Gasteiger partial charge in [-0.2, -0.15) is 0 Å². The summed E-state index contributed by atoms with van der Waals surface area (Å²) in [5, 5.41) is 3.33. The number of rotatable bonds is 1. The molecule has 0 amide bonds. The first-order valence-corrected chi connectivity index (χ1v) is 5.61. The fourth-order valence-electron chi connectivity index (χ4n) is 2.60. The maximum Gasteiger partial charge on any atom is 0.156 e. The first-order valence-electron chi connectivity index (χ1n) is 5.61. The largest absolute Gasteiger partial charge is 0.354 e. The second kappa shape index (κ2) is 2.74. The van der Waals surface area contributed by atoms with Gasteiger partial charge in [-0.05, 0) is 6.07 Å². The van der Waals surface area contributed by atoms with Gasteiger partial charge in [0, 0.05) is 37.8 Å². The number of fused-ring (bicyclic) bond motifs is 1. The molecule has 4 rings (SSSR count). The van der Waals surface area contributed by atoms with Gasteiger partial charge in [-0.1, -0.05) is 0 Å². The van der Waals surface area contributed by atoms with Crippen molar-refractivity contribution in [1.82, 2.24) is 20.3 Å². The first-order chi connectivity index (χ1) is 7.85. The first kappa shape index (κ1) is 8.52. The van der Waals surface area contributed by atoms with E-state index >= 15 is 0 Å². The summed E-state index contributed by atoms with van der Waals surface area (Å²) < 4.78 is 0. The lowest BCUT2D eigenvalue weighted by Gasteiger charge is -2.56. The van der Waals surface area contributed by atoms with Crippen LogP contribution >= 0.6 is 0 Å². The van der Waals surface area contributed by atoms with Crippen molar-refractivity contribution in [1.29, 1.82) is 0 Å². The summed E-state index contributed by atoms with van der Waals surface area (Å²) >= 11 is 0. The lowest BCUT2D eigenvalue weighted by Crippen LogP contribution is -2.71. The zero-order chi connectivity index (χ0) is 10.6. The van der Waals surface area contributed by atoms with E-state index in [1.807, 2.05) is 18.5 Å². The van der Waals surface area contributed by atoms with Gasteiger partial charge in [0.2, 0.25) is 0 Å². The second-order valence-corrected chi connectivity index (χ2v) is 4.90. The fraction of sp³-hybridized carbons (Fsp3) is 0.455. The Morgan fingerprint density at radius 3 is 2.94 bits per heavy atom. The normalized spacial score (nSPS) is 22.1. The van der Waals surface area contributed by atoms with E-state index in [0.29, 0.717) is 5.41 Å². The molecule has 2 aromatic heterocycles. The zero-order valence-corrected chi connectivity index (χ0v) is 8.90. The monoisotopic (exact) mass is 215 g/mol. The number of anilines is 1. The van der Waals surface area contributed by atoms with Crippen molar-refractivity contribution in [2.75, 3.05) is 31.1 Å². The molecule has 5 heteroatoms. The summed E-state index contributed by atoms with van der Waals surface area (Å²) in [6, 6.07) is 1.96. The number of hydrogen-bond acceptors (Lipinski definition) is 4. The summed E-state index contributed by atoms with van der Waals surface area (Å²) in [4.78, 5) is 14.3. The van der Waals surface area contributed by atoms with E-state index in [1.54, 1.807) is 0 Å². The molecule has 2 aromatic rings. The number of hydrogen-bond donors (Lipinski definition) is 2. The number of nitrogens with one attached hydrogen (secondary N) is 2. The summed E-state index contributed by atoms with van der Waals surface area (Å²) in [5.41, 5.74) is 2.35. The van der Waals surface area contributed by atoms with Crippen molar-refractivity contribution in [2.45, 2.75) is 0 Å². The maximum atomic E-state index is 4.59. The highest BCUT2D eigenvalue weighted by molar-refractivity contribution is 5.72. The SMILES string of the molecule is c1cc2nc(N3CC4(CNC4)C3)cnc2[nH]1. The third-order valence-electron chi connectivity index (χ3n) is 3.62. The predicted octanol–water partition coefficient (Wildman–Crippen LogP) is 0.367. The third-order valence-corrected chi connectivity index (χ3v) is 3.62. The van der Waals surface area contributed by atoms with Gasteiger partial charge in [-0.15, -0.1) is 0 Å². The van der Waals surface area contributed by atoms with Crippen LogP contribution in [-0.2, 0) is 0 Å². The van der Waals surface area contributed by atoms with E-state index < -0.39 is 0 Å². The highest BCUT2D eigenvalue weighted by Gasteiger charge is 2.48. The van der Waals surface area contributed by atoms with Crippen LogP contribution in [0.15, 0.2) is 18.5 Å². The lowest BCUT2D eigenvalue weighted by atomic mass is 9.74. The van der Waals surface area contributed by atoms with Gasteiger partial charge in [0.25, 0.3) is 0 Å². The van der Waals surface area contributed by atoms with Crippen molar-refractivity contribution in [3.05, 3.63) is 18.5 Å². The van der Waals surface area contributed by atoms with Gasteiger partial charge in [0.1, 0.15) is 11.3 Å². The van der Waals surface area contributed by atoms with E-state index in [0.717, 1.165) is 43.2 Å². The van der Waals surface area contributed by atoms with Crippen molar-refractivity contribution in [3.8, 4) is 0 Å². The van der Waals surface area contributed by atoms with Crippen LogP contribution in [0.4, 0.5) is 5.82 Å². The van der Waals surface area contributed by atoms with Crippen LogP contribution in [0.1, 0.15) is 0 Å². The van der Waals surface area contributed by atoms with Crippen molar-refractivity contribution >= 4 is 17.0 Å². The molecule has 0 radical (unpaired) electrons. The Labute approximate surface area is 92.9 Å². The van der Waals surface area contributed by atoms with Crippen LogP contribution in [0.25, 0.3) is 11.2 Å². The standard InChI is InChI=1S/C11H13N5/c1-2-13-10-8(1)15-9(3-14-10)16-6-11(7-16)4-12-5-11/h1-3,12H,4-7H2,(H,13,14). The molecule has 1 spiro atoms. The van der Waals surface area contributed by atoms with Crippen molar-refractivity contribution in [3.63, 3.8) is 0 Å². The molecule has 82 valence electrons. The van der Waals surface area contributed by atoms with Crippen LogP contribution in [0.2, 0.25) is 0 Å². The Morgan fingerprint density at radius 1 is 1.31 bits per heavy atom. The Kier molecular flexibility index (Phi) is 1.46. The molecular weight excluding hydrogens is 202 g/mol. The van der Waals surface area contributed by atoms with Crippen LogP contribution in [-0.4, -0.2) is 41.1 Å². The molecule has 0 aliphatic carbocycles. The maximum absolute atomic E-state index is 4.59. The van der Waals surface area contributed by atoms with E-state index in [-0.39, 0.29) is 0 Å². The molecule has 16 heavy (non-hydrogen) atoms. The predicted molar refractivity (Wildman–Crippen MR) is 61.4 cm³/mol. The molecule has 2 saturated heterocycles. The Morgan fingerprint density at radius 2 is 2.19 bits per heavy atom. The van der Waals surface area contributed by atoms with Gasteiger partial charge in [-0.25, -0.2) is 9.97 Å². The van der Waals surface area contributed by atoms with E-state index in [4.69, 9.17) is 0 Å². The Bertz CT molecular complexity index is 534. The minimum absolute atomic E-state index is 0.536. The minimum Gasteiger partial charge on any atom is -0.354 e.